The smallest absolute Gasteiger partial charge is 0.469 e. The molecule has 0 spiro atoms. The molecule has 0 saturated carbocycles. The molecule has 0 aromatic heterocycles. The largest absolute Gasteiger partial charge is 0.508 e. The third kappa shape index (κ3) is 11.5. The van der Waals surface area contributed by atoms with Crippen LogP contribution >= 0.6 is 7.82 Å². The van der Waals surface area contributed by atoms with Gasteiger partial charge in [-0.3, -0.25) is 4.52 Å². The number of allylic oxidation sites excluding steroid dienone is 5. The average Bonchev–Trinajstić information content (AvgIpc) is 2.66. The molecule has 0 saturated heterocycles. The molecule has 0 aliphatic heterocycles. The second-order valence-electron chi connectivity index (χ2n) is 10.2. The normalized spacial score (nSPS) is 15.9. The monoisotopic (exact) mass is 494 g/mol. The zero-order chi connectivity index (χ0) is 26.1. The van der Waals surface area contributed by atoms with E-state index in [0.717, 1.165) is 12.0 Å². The van der Waals surface area contributed by atoms with Crippen LogP contribution in [0.1, 0.15) is 79.7 Å². The Balaban J connectivity index is 0.000000340. The number of aromatic hydroxyl groups is 1. The summed E-state index contributed by atoms with van der Waals surface area (Å²) in [5.74, 6) is 1.83. The molecule has 2 atom stereocenters. The summed E-state index contributed by atoms with van der Waals surface area (Å²) in [6, 6.07) is 7.09. The molecular formula is C27H43O6P. The fourth-order valence-electron chi connectivity index (χ4n) is 4.18. The van der Waals surface area contributed by atoms with Crippen LogP contribution in [0.3, 0.4) is 0 Å². The lowest BCUT2D eigenvalue weighted by Crippen LogP contribution is -2.18. The first-order valence-corrected chi connectivity index (χ1v) is 13.5. The van der Waals surface area contributed by atoms with Gasteiger partial charge >= 0.3 is 7.82 Å². The maximum atomic E-state index is 10.9. The molecule has 0 radical (unpaired) electrons. The SMILES string of the molecule is CC(C)=C1C=CC(O)=C(c2ccccc2O)C1.CC(C)CC(C)CC(CC(C)C)OP(=O)(O)O. The van der Waals surface area contributed by atoms with Crippen molar-refractivity contribution in [3.05, 3.63) is 58.9 Å². The molecule has 1 aromatic carbocycles. The van der Waals surface area contributed by atoms with Gasteiger partial charge in [-0.15, -0.1) is 0 Å². The molecule has 6 nitrogen and oxygen atoms in total. The molecule has 0 heterocycles. The molecule has 0 amide bonds. The lowest BCUT2D eigenvalue weighted by atomic mass is 9.90. The number of benzene rings is 1. The van der Waals surface area contributed by atoms with Crippen molar-refractivity contribution in [2.45, 2.75) is 80.3 Å². The van der Waals surface area contributed by atoms with Crippen LogP contribution in [0.25, 0.3) is 5.57 Å². The molecule has 34 heavy (non-hydrogen) atoms. The van der Waals surface area contributed by atoms with Gasteiger partial charge < -0.3 is 20.0 Å². The lowest BCUT2D eigenvalue weighted by molar-refractivity contribution is 0.0962. The standard InChI is InChI=1S/C15H16O2.C12H27O4P/c1-10(2)11-7-8-15(17)13(9-11)12-5-3-4-6-14(12)16;1-9(2)6-11(5)8-12(7-10(3)4)16-17(13,14)15/h3-8,16-17H,9H2,1-2H3;9-12H,6-8H2,1-5H3,(H2,13,14,15). The van der Waals surface area contributed by atoms with Crippen molar-refractivity contribution in [2.75, 3.05) is 0 Å². The number of para-hydroxylation sites is 1. The van der Waals surface area contributed by atoms with Crippen LogP contribution in [0.15, 0.2) is 53.3 Å². The zero-order valence-electron chi connectivity index (χ0n) is 21.7. The van der Waals surface area contributed by atoms with Gasteiger partial charge in [-0.1, -0.05) is 64.5 Å². The highest BCUT2D eigenvalue weighted by Crippen LogP contribution is 2.40. The van der Waals surface area contributed by atoms with Crippen LogP contribution in [-0.4, -0.2) is 26.1 Å². The van der Waals surface area contributed by atoms with E-state index in [1.807, 2.05) is 45.9 Å². The molecule has 0 bridgehead atoms. The highest BCUT2D eigenvalue weighted by molar-refractivity contribution is 7.46. The van der Waals surface area contributed by atoms with Crippen molar-refractivity contribution < 1.29 is 29.1 Å². The Hall–Kier alpha value is -1.85. The van der Waals surface area contributed by atoms with E-state index in [-0.39, 0.29) is 17.6 Å². The highest BCUT2D eigenvalue weighted by atomic mass is 31.2. The van der Waals surface area contributed by atoms with Crippen LogP contribution in [0.2, 0.25) is 0 Å². The average molecular weight is 495 g/mol. The second kappa shape index (κ2) is 13.9. The van der Waals surface area contributed by atoms with Gasteiger partial charge in [0, 0.05) is 17.6 Å². The van der Waals surface area contributed by atoms with Crippen molar-refractivity contribution >= 4 is 13.4 Å². The predicted octanol–water partition coefficient (Wildman–Crippen LogP) is 7.54. The summed E-state index contributed by atoms with van der Waals surface area (Å²) in [6.45, 7) is 14.6. The Kier molecular flexibility index (Phi) is 12.3. The van der Waals surface area contributed by atoms with Gasteiger partial charge in [0.05, 0.1) is 6.10 Å². The third-order valence-electron chi connectivity index (χ3n) is 5.55. The van der Waals surface area contributed by atoms with Crippen molar-refractivity contribution in [3.63, 3.8) is 0 Å². The van der Waals surface area contributed by atoms with Crippen LogP contribution in [0.4, 0.5) is 0 Å². The topological polar surface area (TPSA) is 107 Å². The number of aliphatic hydroxyl groups is 1. The zero-order valence-corrected chi connectivity index (χ0v) is 22.5. The van der Waals surface area contributed by atoms with Crippen molar-refractivity contribution in [3.8, 4) is 5.75 Å². The van der Waals surface area contributed by atoms with E-state index in [2.05, 4.69) is 20.8 Å². The van der Waals surface area contributed by atoms with E-state index in [1.54, 1.807) is 18.2 Å². The fourth-order valence-corrected chi connectivity index (χ4v) is 4.74. The number of phenolic OH excluding ortho intramolecular Hbond substituents is 1. The predicted molar refractivity (Wildman–Crippen MR) is 139 cm³/mol. The van der Waals surface area contributed by atoms with Gasteiger partial charge in [-0.05, 0) is 68.6 Å². The van der Waals surface area contributed by atoms with Crippen molar-refractivity contribution in [1.29, 1.82) is 0 Å². The molecule has 1 aromatic rings. The van der Waals surface area contributed by atoms with Gasteiger partial charge in [0.15, 0.2) is 0 Å². The number of phenols is 1. The van der Waals surface area contributed by atoms with Crippen LogP contribution in [-0.2, 0) is 9.09 Å². The quantitative estimate of drug-likeness (QED) is 0.264. The number of rotatable bonds is 9. The maximum absolute atomic E-state index is 10.9. The maximum Gasteiger partial charge on any atom is 0.469 e. The Morgan fingerprint density at radius 2 is 1.53 bits per heavy atom. The number of hydrogen-bond acceptors (Lipinski definition) is 4. The summed E-state index contributed by atoms with van der Waals surface area (Å²) in [5.41, 5.74) is 3.89. The molecule has 0 fully saturated rings. The number of phosphoric ester groups is 1. The Morgan fingerprint density at radius 1 is 0.941 bits per heavy atom. The first-order chi connectivity index (χ1) is 15.7. The van der Waals surface area contributed by atoms with E-state index in [0.29, 0.717) is 42.6 Å². The van der Waals surface area contributed by atoms with Crippen molar-refractivity contribution in [1.82, 2.24) is 0 Å². The molecule has 1 aliphatic rings. The fraction of sp³-hybridized carbons (Fsp3) is 0.556. The molecule has 1 aliphatic carbocycles. The Labute approximate surface area is 205 Å². The summed E-state index contributed by atoms with van der Waals surface area (Å²) in [5, 5.41) is 19.7. The van der Waals surface area contributed by atoms with Crippen molar-refractivity contribution in [2.24, 2.45) is 17.8 Å². The summed E-state index contributed by atoms with van der Waals surface area (Å²) in [6.07, 6.45) is 6.38. The first kappa shape index (κ1) is 30.2. The summed E-state index contributed by atoms with van der Waals surface area (Å²) < 4.78 is 15.8. The van der Waals surface area contributed by atoms with Crippen LogP contribution in [0.5, 0.6) is 5.75 Å². The van der Waals surface area contributed by atoms with Crippen LogP contribution < -0.4 is 0 Å². The minimum atomic E-state index is -4.37. The third-order valence-corrected chi connectivity index (χ3v) is 6.12. The van der Waals surface area contributed by atoms with Gasteiger partial charge in [-0.25, -0.2) is 4.57 Å². The van der Waals surface area contributed by atoms with Gasteiger partial charge in [0.2, 0.25) is 0 Å². The van der Waals surface area contributed by atoms with Gasteiger partial charge in [0.25, 0.3) is 0 Å². The highest BCUT2D eigenvalue weighted by Gasteiger charge is 2.25. The molecule has 2 unspecified atom stereocenters. The van der Waals surface area contributed by atoms with Gasteiger partial charge in [0.1, 0.15) is 11.5 Å². The molecule has 7 heteroatoms. The van der Waals surface area contributed by atoms with E-state index in [4.69, 9.17) is 14.3 Å². The minimum Gasteiger partial charge on any atom is -0.508 e. The van der Waals surface area contributed by atoms with Gasteiger partial charge in [-0.2, -0.15) is 0 Å². The molecule has 2 rings (SSSR count). The minimum absolute atomic E-state index is 0.206. The summed E-state index contributed by atoms with van der Waals surface area (Å²) >= 11 is 0. The summed E-state index contributed by atoms with van der Waals surface area (Å²) in [4.78, 5) is 17.8. The molecular weight excluding hydrogens is 451 g/mol. The second-order valence-corrected chi connectivity index (χ2v) is 11.4. The Bertz CT molecular complexity index is 919. The first-order valence-electron chi connectivity index (χ1n) is 12.0. The van der Waals surface area contributed by atoms with E-state index < -0.39 is 7.82 Å². The number of phosphoric acid groups is 1. The van der Waals surface area contributed by atoms with E-state index in [1.165, 1.54) is 11.1 Å². The van der Waals surface area contributed by atoms with Crippen LogP contribution in [0, 0.1) is 17.8 Å². The molecule has 4 N–H and O–H groups in total. The lowest BCUT2D eigenvalue weighted by Gasteiger charge is -2.24. The summed E-state index contributed by atoms with van der Waals surface area (Å²) in [7, 11) is -4.37. The van der Waals surface area contributed by atoms with E-state index >= 15 is 0 Å². The molecule has 192 valence electrons. The number of aliphatic hydroxyl groups excluding tert-OH is 1. The van der Waals surface area contributed by atoms with E-state index in [9.17, 15) is 14.8 Å². The Morgan fingerprint density at radius 3 is 2.03 bits per heavy atom. The number of hydrogen-bond donors (Lipinski definition) is 4.